The Hall–Kier alpha value is -2.55. The molecule has 0 spiro atoms. The van der Waals surface area contributed by atoms with Crippen molar-refractivity contribution in [3.63, 3.8) is 0 Å². The number of carbonyl (C=O) groups is 1. The molecular formula is C20H20O3. The van der Waals surface area contributed by atoms with Gasteiger partial charge in [-0.2, -0.15) is 0 Å². The van der Waals surface area contributed by atoms with Crippen LogP contribution in [0.25, 0.3) is 11.6 Å². The molecule has 2 aromatic rings. The predicted octanol–water partition coefficient (Wildman–Crippen LogP) is 4.36. The topological polar surface area (TPSA) is 35.5 Å². The summed E-state index contributed by atoms with van der Waals surface area (Å²) in [4.78, 5) is 11.5. The maximum atomic E-state index is 11.5. The smallest absolute Gasteiger partial charge is 0.337 e. The number of methoxy groups -OCH3 is 2. The van der Waals surface area contributed by atoms with E-state index in [2.05, 4.69) is 18.2 Å². The van der Waals surface area contributed by atoms with Crippen LogP contribution in [-0.4, -0.2) is 20.2 Å². The van der Waals surface area contributed by atoms with E-state index in [-0.39, 0.29) is 5.97 Å². The Morgan fingerprint density at radius 1 is 1.04 bits per heavy atom. The molecule has 0 unspecified atom stereocenters. The van der Waals surface area contributed by atoms with Crippen molar-refractivity contribution in [1.29, 1.82) is 0 Å². The number of ether oxygens (including phenoxy) is 2. The number of carbonyl (C=O) groups excluding carboxylic acids is 1. The lowest BCUT2D eigenvalue weighted by molar-refractivity contribution is 0.0600. The molecule has 0 bridgehead atoms. The number of hydrogen-bond donors (Lipinski definition) is 0. The van der Waals surface area contributed by atoms with Crippen molar-refractivity contribution in [2.45, 2.75) is 19.3 Å². The van der Waals surface area contributed by atoms with E-state index in [0.29, 0.717) is 5.56 Å². The molecule has 3 heteroatoms. The fraction of sp³-hybridized carbons (Fsp3) is 0.250. The molecule has 0 heterocycles. The molecule has 3 nitrogen and oxygen atoms in total. The van der Waals surface area contributed by atoms with E-state index in [0.717, 1.165) is 30.6 Å². The summed E-state index contributed by atoms with van der Waals surface area (Å²) in [5, 5.41) is 0. The lowest BCUT2D eigenvalue weighted by Gasteiger charge is -2.20. The van der Waals surface area contributed by atoms with Crippen molar-refractivity contribution in [3.8, 4) is 5.75 Å². The average Bonchev–Trinajstić information content (AvgIpc) is 2.61. The second-order valence-electron chi connectivity index (χ2n) is 5.66. The van der Waals surface area contributed by atoms with Crippen LogP contribution in [0.15, 0.2) is 42.5 Å². The van der Waals surface area contributed by atoms with Crippen molar-refractivity contribution < 1.29 is 14.3 Å². The van der Waals surface area contributed by atoms with E-state index in [1.54, 1.807) is 19.2 Å². The Balaban J connectivity index is 1.93. The Morgan fingerprint density at radius 3 is 2.52 bits per heavy atom. The minimum atomic E-state index is -0.308. The summed E-state index contributed by atoms with van der Waals surface area (Å²) >= 11 is 0. The highest BCUT2D eigenvalue weighted by Gasteiger charge is 2.15. The molecule has 0 aliphatic heterocycles. The molecule has 0 radical (unpaired) electrons. The molecule has 0 amide bonds. The van der Waals surface area contributed by atoms with E-state index < -0.39 is 0 Å². The second kappa shape index (κ2) is 6.69. The van der Waals surface area contributed by atoms with Crippen LogP contribution in [0.3, 0.4) is 0 Å². The molecule has 0 N–H and O–H groups in total. The predicted molar refractivity (Wildman–Crippen MR) is 91.6 cm³/mol. The van der Waals surface area contributed by atoms with Gasteiger partial charge in [-0.1, -0.05) is 24.3 Å². The van der Waals surface area contributed by atoms with Gasteiger partial charge in [0.1, 0.15) is 5.75 Å². The molecule has 23 heavy (non-hydrogen) atoms. The monoisotopic (exact) mass is 308 g/mol. The van der Waals surface area contributed by atoms with Crippen LogP contribution in [0.4, 0.5) is 0 Å². The summed E-state index contributed by atoms with van der Waals surface area (Å²) < 4.78 is 10.1. The minimum Gasteiger partial charge on any atom is -0.497 e. The van der Waals surface area contributed by atoms with Crippen LogP contribution in [0, 0.1) is 0 Å². The normalized spacial score (nSPS) is 15.1. The van der Waals surface area contributed by atoms with E-state index in [9.17, 15) is 4.79 Å². The van der Waals surface area contributed by atoms with Gasteiger partial charge in [-0.3, -0.25) is 0 Å². The van der Waals surface area contributed by atoms with Crippen LogP contribution in [-0.2, 0) is 11.2 Å². The first kappa shape index (κ1) is 15.3. The molecule has 118 valence electrons. The minimum absolute atomic E-state index is 0.308. The van der Waals surface area contributed by atoms with Crippen LogP contribution in [0.1, 0.15) is 39.9 Å². The van der Waals surface area contributed by atoms with Crippen LogP contribution >= 0.6 is 0 Å². The quantitative estimate of drug-likeness (QED) is 0.790. The molecule has 2 aromatic carbocycles. The Kier molecular flexibility index (Phi) is 4.47. The zero-order valence-corrected chi connectivity index (χ0v) is 13.5. The molecule has 0 atom stereocenters. The average molecular weight is 308 g/mol. The summed E-state index contributed by atoms with van der Waals surface area (Å²) in [6.45, 7) is 0. The summed E-state index contributed by atoms with van der Waals surface area (Å²) in [5.41, 5.74) is 5.61. The van der Waals surface area contributed by atoms with Gasteiger partial charge in [0.25, 0.3) is 0 Å². The van der Waals surface area contributed by atoms with Crippen molar-refractivity contribution >= 4 is 17.6 Å². The summed E-state index contributed by atoms with van der Waals surface area (Å²) in [6, 6.07) is 13.8. The maximum absolute atomic E-state index is 11.5. The fourth-order valence-electron chi connectivity index (χ4n) is 2.99. The first-order valence-corrected chi connectivity index (χ1v) is 7.77. The van der Waals surface area contributed by atoms with Gasteiger partial charge in [-0.25, -0.2) is 4.79 Å². The summed E-state index contributed by atoms with van der Waals surface area (Å²) in [6.07, 6.45) is 5.51. The third kappa shape index (κ3) is 3.29. The molecule has 3 rings (SSSR count). The molecule has 1 aliphatic carbocycles. The molecular weight excluding hydrogens is 288 g/mol. The van der Waals surface area contributed by atoms with Crippen molar-refractivity contribution in [3.05, 3.63) is 64.7 Å². The zero-order valence-electron chi connectivity index (χ0n) is 13.5. The van der Waals surface area contributed by atoms with E-state index in [1.807, 2.05) is 18.2 Å². The van der Waals surface area contributed by atoms with Gasteiger partial charge in [0.15, 0.2) is 0 Å². The molecule has 0 fully saturated rings. The van der Waals surface area contributed by atoms with Gasteiger partial charge < -0.3 is 9.47 Å². The van der Waals surface area contributed by atoms with Gasteiger partial charge in [0.05, 0.1) is 19.8 Å². The SMILES string of the molecule is COC(=O)c1ccc(C=C2CCCc3ccc(OC)cc32)cc1. The van der Waals surface area contributed by atoms with E-state index in [4.69, 9.17) is 9.47 Å². The molecule has 0 saturated heterocycles. The number of aryl methyl sites for hydroxylation is 1. The second-order valence-corrected chi connectivity index (χ2v) is 5.66. The first-order valence-electron chi connectivity index (χ1n) is 7.77. The lowest BCUT2D eigenvalue weighted by atomic mass is 9.86. The number of esters is 1. The van der Waals surface area contributed by atoms with Crippen LogP contribution < -0.4 is 4.74 Å². The van der Waals surface area contributed by atoms with Gasteiger partial charge in [-0.15, -0.1) is 0 Å². The Morgan fingerprint density at radius 2 is 1.83 bits per heavy atom. The number of hydrogen-bond acceptors (Lipinski definition) is 3. The van der Waals surface area contributed by atoms with Crippen molar-refractivity contribution in [1.82, 2.24) is 0 Å². The standard InChI is InChI=1S/C20H20O3/c1-22-18-11-10-15-4-3-5-17(19(15)13-18)12-14-6-8-16(9-7-14)20(21)23-2/h6-13H,3-5H2,1-2H3. The highest BCUT2D eigenvalue weighted by atomic mass is 16.5. The van der Waals surface area contributed by atoms with Gasteiger partial charge in [-0.05, 0) is 65.8 Å². The molecule has 0 saturated carbocycles. The maximum Gasteiger partial charge on any atom is 0.337 e. The van der Waals surface area contributed by atoms with Gasteiger partial charge >= 0.3 is 5.97 Å². The van der Waals surface area contributed by atoms with Gasteiger partial charge in [0.2, 0.25) is 0 Å². The Labute approximate surface area is 136 Å². The molecule has 0 aromatic heterocycles. The fourth-order valence-corrected chi connectivity index (χ4v) is 2.99. The van der Waals surface area contributed by atoms with Crippen molar-refractivity contribution in [2.24, 2.45) is 0 Å². The highest BCUT2D eigenvalue weighted by molar-refractivity contribution is 5.90. The van der Waals surface area contributed by atoms with Crippen LogP contribution in [0.5, 0.6) is 5.75 Å². The number of benzene rings is 2. The van der Waals surface area contributed by atoms with Gasteiger partial charge in [0, 0.05) is 0 Å². The lowest BCUT2D eigenvalue weighted by Crippen LogP contribution is -2.02. The third-order valence-electron chi connectivity index (χ3n) is 4.23. The largest absolute Gasteiger partial charge is 0.497 e. The van der Waals surface area contributed by atoms with Crippen molar-refractivity contribution in [2.75, 3.05) is 14.2 Å². The zero-order chi connectivity index (χ0) is 16.2. The summed E-state index contributed by atoms with van der Waals surface area (Å²) in [5.74, 6) is 0.578. The molecule has 1 aliphatic rings. The highest BCUT2D eigenvalue weighted by Crippen LogP contribution is 2.34. The van der Waals surface area contributed by atoms with Crippen LogP contribution in [0.2, 0.25) is 0 Å². The first-order chi connectivity index (χ1) is 11.2. The van der Waals surface area contributed by atoms with E-state index in [1.165, 1.54) is 23.8 Å². The third-order valence-corrected chi connectivity index (χ3v) is 4.23. The number of rotatable bonds is 3. The van der Waals surface area contributed by atoms with E-state index >= 15 is 0 Å². The number of allylic oxidation sites excluding steroid dienone is 1. The Bertz CT molecular complexity index is 742. The number of fused-ring (bicyclic) bond motifs is 1. The summed E-state index contributed by atoms with van der Waals surface area (Å²) in [7, 11) is 3.09.